The monoisotopic (exact) mass is 355 g/mol. The molecule has 2 aromatic rings. The second-order valence-electron chi connectivity index (χ2n) is 6.66. The van der Waals surface area contributed by atoms with Crippen molar-refractivity contribution in [3.8, 4) is 5.75 Å². The van der Waals surface area contributed by atoms with Crippen molar-refractivity contribution in [1.82, 2.24) is 5.32 Å². The van der Waals surface area contributed by atoms with Gasteiger partial charge in [-0.3, -0.25) is 4.79 Å². The van der Waals surface area contributed by atoms with Gasteiger partial charge in [-0.05, 0) is 48.6 Å². The molecule has 0 saturated carbocycles. The minimum atomic E-state index is -0.547. The summed E-state index contributed by atoms with van der Waals surface area (Å²) in [4.78, 5) is 12.3. The first kappa shape index (κ1) is 20.0. The molecule has 0 aromatic heterocycles. The predicted octanol–water partition coefficient (Wildman–Crippen LogP) is 4.43. The number of amides is 1. The normalized spacial score (nSPS) is 12.0. The van der Waals surface area contributed by atoms with E-state index in [1.54, 1.807) is 6.92 Å². The Bertz CT molecular complexity index is 695. The molecule has 1 atom stereocenters. The number of hydrogen-bond acceptors (Lipinski definition) is 3. The van der Waals surface area contributed by atoms with E-state index in [-0.39, 0.29) is 5.91 Å². The number of carbonyl (C=O) groups excluding carboxylic acids is 1. The SMILES string of the molecule is CCOCc1ccc(CNC(=O)C(C)Oc2cccc(C(C)C)c2)cc1. The van der Waals surface area contributed by atoms with Gasteiger partial charge in [0.25, 0.3) is 5.91 Å². The van der Waals surface area contributed by atoms with Crippen LogP contribution < -0.4 is 10.1 Å². The molecule has 2 rings (SSSR count). The summed E-state index contributed by atoms with van der Waals surface area (Å²) in [5, 5.41) is 2.92. The topological polar surface area (TPSA) is 47.6 Å². The van der Waals surface area contributed by atoms with E-state index >= 15 is 0 Å². The van der Waals surface area contributed by atoms with Crippen LogP contribution in [0.2, 0.25) is 0 Å². The fraction of sp³-hybridized carbons (Fsp3) is 0.409. The van der Waals surface area contributed by atoms with Crippen LogP contribution in [0.3, 0.4) is 0 Å². The highest BCUT2D eigenvalue weighted by Crippen LogP contribution is 2.21. The van der Waals surface area contributed by atoms with Crippen molar-refractivity contribution in [2.75, 3.05) is 6.61 Å². The van der Waals surface area contributed by atoms with Crippen LogP contribution in [0.25, 0.3) is 0 Å². The summed E-state index contributed by atoms with van der Waals surface area (Å²) in [7, 11) is 0. The Hall–Kier alpha value is -2.33. The van der Waals surface area contributed by atoms with Crippen LogP contribution in [0.5, 0.6) is 5.75 Å². The highest BCUT2D eigenvalue weighted by atomic mass is 16.5. The maximum atomic E-state index is 12.3. The Labute approximate surface area is 156 Å². The molecule has 2 aromatic carbocycles. The zero-order valence-electron chi connectivity index (χ0n) is 16.1. The molecule has 4 heteroatoms. The van der Waals surface area contributed by atoms with Crippen LogP contribution in [0.1, 0.15) is 50.3 Å². The van der Waals surface area contributed by atoms with Crippen molar-refractivity contribution < 1.29 is 14.3 Å². The molecular formula is C22H29NO3. The van der Waals surface area contributed by atoms with Gasteiger partial charge in [-0.15, -0.1) is 0 Å². The lowest BCUT2D eigenvalue weighted by molar-refractivity contribution is -0.127. The van der Waals surface area contributed by atoms with Gasteiger partial charge in [-0.25, -0.2) is 0 Å². The van der Waals surface area contributed by atoms with Gasteiger partial charge in [0.15, 0.2) is 6.10 Å². The molecule has 0 aliphatic heterocycles. The van der Waals surface area contributed by atoms with E-state index in [0.29, 0.717) is 25.7 Å². The molecule has 0 aliphatic rings. The minimum absolute atomic E-state index is 0.127. The van der Waals surface area contributed by atoms with Crippen LogP contribution >= 0.6 is 0 Å². The Balaban J connectivity index is 1.84. The first-order valence-corrected chi connectivity index (χ1v) is 9.19. The van der Waals surface area contributed by atoms with Gasteiger partial charge in [-0.1, -0.05) is 50.2 Å². The molecule has 1 amide bonds. The average Bonchev–Trinajstić information content (AvgIpc) is 2.65. The molecule has 0 aliphatic carbocycles. The second kappa shape index (κ2) is 9.97. The molecule has 140 valence electrons. The number of hydrogen-bond donors (Lipinski definition) is 1. The average molecular weight is 355 g/mol. The largest absolute Gasteiger partial charge is 0.481 e. The van der Waals surface area contributed by atoms with Crippen LogP contribution in [-0.2, 0) is 22.7 Å². The number of nitrogens with one attached hydrogen (secondary N) is 1. The van der Waals surface area contributed by atoms with E-state index in [0.717, 1.165) is 16.9 Å². The Morgan fingerprint density at radius 2 is 1.73 bits per heavy atom. The molecule has 0 radical (unpaired) electrons. The summed E-state index contributed by atoms with van der Waals surface area (Å²) in [5.74, 6) is 1.02. The third-order valence-corrected chi connectivity index (χ3v) is 4.17. The summed E-state index contributed by atoms with van der Waals surface area (Å²) in [5.41, 5.74) is 3.37. The van der Waals surface area contributed by atoms with Crippen LogP contribution in [0, 0.1) is 0 Å². The third-order valence-electron chi connectivity index (χ3n) is 4.17. The van der Waals surface area contributed by atoms with E-state index in [1.165, 1.54) is 5.56 Å². The maximum absolute atomic E-state index is 12.3. The molecule has 0 fully saturated rings. The molecule has 26 heavy (non-hydrogen) atoms. The van der Waals surface area contributed by atoms with E-state index < -0.39 is 6.10 Å². The van der Waals surface area contributed by atoms with Gasteiger partial charge in [0.1, 0.15) is 5.75 Å². The smallest absolute Gasteiger partial charge is 0.261 e. The molecule has 1 unspecified atom stereocenters. The highest BCUT2D eigenvalue weighted by molar-refractivity contribution is 5.80. The predicted molar refractivity (Wildman–Crippen MR) is 104 cm³/mol. The Morgan fingerprint density at radius 1 is 1.04 bits per heavy atom. The quantitative estimate of drug-likeness (QED) is 0.724. The Kier molecular flexibility index (Phi) is 7.67. The lowest BCUT2D eigenvalue weighted by Crippen LogP contribution is -2.35. The zero-order valence-corrected chi connectivity index (χ0v) is 16.1. The molecule has 0 heterocycles. The van der Waals surface area contributed by atoms with Crippen molar-refractivity contribution >= 4 is 5.91 Å². The minimum Gasteiger partial charge on any atom is -0.481 e. The van der Waals surface area contributed by atoms with Crippen LogP contribution in [-0.4, -0.2) is 18.6 Å². The standard InChI is InChI=1S/C22H29NO3/c1-5-25-15-19-11-9-18(10-12-19)14-23-22(24)17(4)26-21-8-6-7-20(13-21)16(2)3/h6-13,16-17H,5,14-15H2,1-4H3,(H,23,24). The van der Waals surface area contributed by atoms with E-state index in [1.807, 2.05) is 49.4 Å². The lowest BCUT2D eigenvalue weighted by Gasteiger charge is -2.16. The van der Waals surface area contributed by atoms with Crippen molar-refractivity contribution in [2.24, 2.45) is 0 Å². The van der Waals surface area contributed by atoms with Gasteiger partial charge in [0, 0.05) is 13.2 Å². The van der Waals surface area contributed by atoms with Gasteiger partial charge in [-0.2, -0.15) is 0 Å². The number of ether oxygens (including phenoxy) is 2. The van der Waals surface area contributed by atoms with Crippen molar-refractivity contribution in [3.05, 3.63) is 65.2 Å². The number of carbonyl (C=O) groups is 1. The summed E-state index contributed by atoms with van der Waals surface area (Å²) < 4.78 is 11.2. The van der Waals surface area contributed by atoms with Crippen molar-refractivity contribution in [2.45, 2.75) is 52.9 Å². The van der Waals surface area contributed by atoms with Gasteiger partial charge in [0.2, 0.25) is 0 Å². The summed E-state index contributed by atoms with van der Waals surface area (Å²) in [6.07, 6.45) is -0.547. The zero-order chi connectivity index (χ0) is 18.9. The van der Waals surface area contributed by atoms with Crippen LogP contribution in [0.4, 0.5) is 0 Å². The van der Waals surface area contributed by atoms with Crippen LogP contribution in [0.15, 0.2) is 48.5 Å². The summed E-state index contributed by atoms with van der Waals surface area (Å²) in [6, 6.07) is 16.0. The van der Waals surface area contributed by atoms with E-state index in [4.69, 9.17) is 9.47 Å². The molecule has 1 N–H and O–H groups in total. The fourth-order valence-electron chi connectivity index (χ4n) is 2.51. The number of benzene rings is 2. The summed E-state index contributed by atoms with van der Waals surface area (Å²) in [6.45, 7) is 9.81. The van der Waals surface area contributed by atoms with Gasteiger partial charge >= 0.3 is 0 Å². The lowest BCUT2D eigenvalue weighted by atomic mass is 10.0. The molecule has 0 bridgehead atoms. The van der Waals surface area contributed by atoms with E-state index in [2.05, 4.69) is 25.2 Å². The van der Waals surface area contributed by atoms with Crippen molar-refractivity contribution in [3.63, 3.8) is 0 Å². The summed E-state index contributed by atoms with van der Waals surface area (Å²) >= 11 is 0. The van der Waals surface area contributed by atoms with Gasteiger partial charge < -0.3 is 14.8 Å². The Morgan fingerprint density at radius 3 is 2.38 bits per heavy atom. The first-order chi connectivity index (χ1) is 12.5. The number of rotatable bonds is 9. The van der Waals surface area contributed by atoms with E-state index in [9.17, 15) is 4.79 Å². The third kappa shape index (κ3) is 6.19. The fourth-order valence-corrected chi connectivity index (χ4v) is 2.51. The highest BCUT2D eigenvalue weighted by Gasteiger charge is 2.14. The first-order valence-electron chi connectivity index (χ1n) is 9.19. The molecule has 0 spiro atoms. The molecular weight excluding hydrogens is 326 g/mol. The second-order valence-corrected chi connectivity index (χ2v) is 6.66. The molecule has 4 nitrogen and oxygen atoms in total. The van der Waals surface area contributed by atoms with Gasteiger partial charge in [0.05, 0.1) is 6.61 Å². The molecule has 0 saturated heterocycles. The van der Waals surface area contributed by atoms with Crippen molar-refractivity contribution in [1.29, 1.82) is 0 Å². The maximum Gasteiger partial charge on any atom is 0.261 e.